The molecule has 7 heteroatoms. The monoisotopic (exact) mass is 177 g/mol. The van der Waals surface area contributed by atoms with Gasteiger partial charge in [0.1, 0.15) is 0 Å². The summed E-state index contributed by atoms with van der Waals surface area (Å²) in [6, 6.07) is 0. The Morgan fingerprint density at radius 2 is 1.14 bits per heavy atom. The van der Waals surface area contributed by atoms with Gasteiger partial charge >= 0.3 is 17.4 Å². The van der Waals surface area contributed by atoms with Crippen molar-refractivity contribution in [2.24, 2.45) is 0 Å². The molecule has 1 radical (unpaired) electrons. The van der Waals surface area contributed by atoms with Gasteiger partial charge in [-0.15, -0.1) is 0 Å². The van der Waals surface area contributed by atoms with Crippen molar-refractivity contribution in [2.45, 2.75) is 0 Å². The smallest absolute Gasteiger partial charge is 0.822 e. The molecule has 0 unspecified atom stereocenters. The van der Waals surface area contributed by atoms with Gasteiger partial charge in [0.05, 0.1) is 0 Å². The van der Waals surface area contributed by atoms with Crippen LogP contribution in [0, 0.1) is 0 Å². The third-order valence-electron chi connectivity index (χ3n) is 0. The number of hydrogen-bond donors (Lipinski definition) is 0. The van der Waals surface area contributed by atoms with E-state index in [1.807, 2.05) is 0 Å². The van der Waals surface area contributed by atoms with Crippen molar-refractivity contribution in [3.8, 4) is 0 Å². The quantitative estimate of drug-likeness (QED) is 0.288. The Kier molecular flexibility index (Phi) is 11.9. The van der Waals surface area contributed by atoms with E-state index in [2.05, 4.69) is 0 Å². The van der Waals surface area contributed by atoms with Crippen molar-refractivity contribution in [2.75, 3.05) is 0 Å². The molecule has 0 bridgehead atoms. The molecule has 0 aromatic carbocycles. The normalized spacial score (nSPS) is 8.43. The summed E-state index contributed by atoms with van der Waals surface area (Å²) in [5.74, 6) is 0. The molecule has 0 rings (SSSR count). The van der Waals surface area contributed by atoms with Crippen molar-refractivity contribution in [1.82, 2.24) is 0 Å². The first-order chi connectivity index (χ1) is 2.00. The summed E-state index contributed by atoms with van der Waals surface area (Å²) < 4.78 is 8.55. The Labute approximate surface area is 61.8 Å². The Morgan fingerprint density at radius 1 is 1.14 bits per heavy atom. The Bertz CT molecular complexity index is 57.8. The minimum atomic E-state index is -5.39. The molecule has 0 N–H and O–H groups in total. The molecule has 0 aromatic rings. The maximum absolute atomic E-state index is 8.55. The van der Waals surface area contributed by atoms with E-state index in [1.165, 1.54) is 0 Å². The summed E-state index contributed by atoms with van der Waals surface area (Å²) in [4.78, 5) is 25.6. The van der Waals surface area contributed by atoms with Crippen molar-refractivity contribution in [1.29, 1.82) is 0 Å². The van der Waals surface area contributed by atoms with Crippen LogP contribution in [0.1, 0.15) is 0 Å². The topological polar surface area (TPSA) is 86.2 Å². The summed E-state index contributed by atoms with van der Waals surface area (Å²) in [7, 11) is -5.39. The van der Waals surface area contributed by atoms with Gasteiger partial charge in [0.15, 0.2) is 0 Å². The minimum Gasteiger partial charge on any atom is -0.822 e. The minimum absolute atomic E-state index is 0. The molecule has 0 aliphatic rings. The zero-order chi connectivity index (χ0) is 4.50. The van der Waals surface area contributed by atoms with Crippen LogP contribution in [-0.2, 0) is 21.6 Å². The van der Waals surface area contributed by atoms with Crippen LogP contribution in [0.2, 0.25) is 0 Å². The molecule has 0 atom stereocenters. The molecule has 0 saturated carbocycles. The summed E-state index contributed by atoms with van der Waals surface area (Å²) in [5.41, 5.74) is 0. The van der Waals surface area contributed by atoms with Crippen molar-refractivity contribution < 1.29 is 36.3 Å². The molecule has 0 heterocycles. The fourth-order valence-corrected chi connectivity index (χ4v) is 0. The molecule has 7 heavy (non-hydrogen) atoms. The van der Waals surface area contributed by atoms with Crippen molar-refractivity contribution in [3.05, 3.63) is 0 Å². The average Bonchev–Trinajstić information content (AvgIpc) is 0.722. The predicted molar refractivity (Wildman–Crippen MR) is 13.4 cm³/mol. The summed E-state index contributed by atoms with van der Waals surface area (Å²) in [6.45, 7) is 0. The largest absolute Gasteiger partial charge is 3.00 e. The van der Waals surface area contributed by atoms with E-state index in [0.29, 0.717) is 0 Å². The maximum atomic E-state index is 8.55. The fraction of sp³-hybridized carbons (Fsp3) is 0. The van der Waals surface area contributed by atoms with Crippen LogP contribution in [0.15, 0.2) is 0 Å². The Morgan fingerprint density at radius 3 is 1.14 bits per heavy atom. The maximum Gasteiger partial charge on any atom is 3.00 e. The zero-order valence-corrected chi connectivity index (χ0v) is 6.27. The predicted octanol–water partition coefficient (Wildman–Crippen LogP) is -3.21. The number of rotatable bonds is 0. The molecule has 0 amide bonds. The second-order valence-corrected chi connectivity index (χ2v) is 1.34. The van der Waals surface area contributed by atoms with E-state index in [9.17, 15) is 0 Å². The van der Waals surface area contributed by atoms with E-state index in [-0.39, 0.29) is 34.4 Å². The molecule has 0 aromatic heterocycles. The van der Waals surface area contributed by atoms with Crippen molar-refractivity contribution in [3.63, 3.8) is 0 Å². The summed E-state index contributed by atoms with van der Waals surface area (Å²) >= 11 is 0. The molecule has 0 spiro atoms. The third kappa shape index (κ3) is 141. The van der Waals surface area contributed by atoms with Crippen LogP contribution in [0.4, 0.5) is 0 Å². The van der Waals surface area contributed by atoms with Gasteiger partial charge in [0.2, 0.25) is 0 Å². The molecule has 4 nitrogen and oxygen atoms in total. The standard InChI is InChI=1S/Al.Mn.H3O4P/c;;1-5(2,3)4/h;;(H3,1,2,3,4)/q+3;;/p-3. The van der Waals surface area contributed by atoms with Crippen molar-refractivity contribution >= 4 is 25.2 Å². The van der Waals surface area contributed by atoms with E-state index in [1.54, 1.807) is 0 Å². The van der Waals surface area contributed by atoms with Gasteiger partial charge in [-0.25, -0.2) is 0 Å². The first-order valence-corrected chi connectivity index (χ1v) is 2.19. The SMILES string of the molecule is O=P([O-])([O-])[O-].[Al+3].[Mn]. The molecule has 0 aliphatic carbocycles. The first kappa shape index (κ1) is 15.7. The van der Waals surface area contributed by atoms with Crippen LogP contribution in [0.3, 0.4) is 0 Å². The van der Waals surface area contributed by atoms with Gasteiger partial charge in [0.25, 0.3) is 0 Å². The molecule has 0 aliphatic heterocycles. The van der Waals surface area contributed by atoms with Crippen LogP contribution < -0.4 is 14.7 Å². The third-order valence-corrected chi connectivity index (χ3v) is 0. The Balaban J connectivity index is -0.0000000800. The van der Waals surface area contributed by atoms with E-state index in [4.69, 9.17) is 19.2 Å². The van der Waals surface area contributed by atoms with Crippen LogP contribution in [-0.4, -0.2) is 17.4 Å². The molecule has 0 fully saturated rings. The van der Waals surface area contributed by atoms with Gasteiger partial charge < -0.3 is 19.2 Å². The molecular formula is AlMnO4P. The first-order valence-electron chi connectivity index (χ1n) is 0.730. The Hall–Kier alpha value is 1.16. The molecular weight excluding hydrogens is 177 g/mol. The second kappa shape index (κ2) is 5.30. The van der Waals surface area contributed by atoms with E-state index in [0.717, 1.165) is 0 Å². The van der Waals surface area contributed by atoms with Crippen LogP contribution >= 0.6 is 7.82 Å². The van der Waals surface area contributed by atoms with Gasteiger partial charge in [0, 0.05) is 17.1 Å². The zero-order valence-electron chi connectivity index (χ0n) is 3.04. The van der Waals surface area contributed by atoms with Gasteiger partial charge in [-0.3, -0.25) is 0 Å². The number of hydrogen-bond acceptors (Lipinski definition) is 4. The van der Waals surface area contributed by atoms with Gasteiger partial charge in [-0.2, -0.15) is 7.82 Å². The average molecular weight is 177 g/mol. The van der Waals surface area contributed by atoms with Gasteiger partial charge in [-0.1, -0.05) is 0 Å². The molecule has 39 valence electrons. The van der Waals surface area contributed by atoms with Crippen LogP contribution in [0.25, 0.3) is 0 Å². The summed E-state index contributed by atoms with van der Waals surface area (Å²) in [6.07, 6.45) is 0. The fourth-order valence-electron chi connectivity index (χ4n) is 0. The van der Waals surface area contributed by atoms with E-state index < -0.39 is 7.82 Å². The summed E-state index contributed by atoms with van der Waals surface area (Å²) in [5, 5.41) is 0. The van der Waals surface area contributed by atoms with Crippen LogP contribution in [0.5, 0.6) is 0 Å². The molecule has 0 saturated heterocycles. The van der Waals surface area contributed by atoms with E-state index >= 15 is 0 Å². The second-order valence-electron chi connectivity index (χ2n) is 0.447. The van der Waals surface area contributed by atoms with Gasteiger partial charge in [-0.05, 0) is 0 Å². The number of phosphoric acid groups is 1.